The highest BCUT2D eigenvalue weighted by Crippen LogP contribution is 2.44. The number of nitrogens with zero attached hydrogens (tertiary/aromatic N) is 4. The van der Waals surface area contributed by atoms with Crippen LogP contribution in [0.25, 0.3) is 92.3 Å². The molecule has 50 heavy (non-hydrogen) atoms. The maximum Gasteiger partial charge on any atom is 0.160 e. The van der Waals surface area contributed by atoms with Crippen LogP contribution in [-0.2, 0) is 0 Å². The normalized spacial score (nSPS) is 11.6. The number of hydrogen-bond acceptors (Lipinski definition) is 4. The maximum atomic E-state index is 10.8. The van der Waals surface area contributed by atoms with Crippen LogP contribution < -0.4 is 0 Å². The maximum absolute atomic E-state index is 10.8. The van der Waals surface area contributed by atoms with Crippen molar-refractivity contribution in [3.63, 3.8) is 0 Å². The molecule has 0 N–H and O–H groups in total. The molecule has 7 aromatic carbocycles. The van der Waals surface area contributed by atoms with Gasteiger partial charge in [-0.1, -0.05) is 109 Å². The van der Waals surface area contributed by atoms with Gasteiger partial charge in [0.05, 0.1) is 22.4 Å². The molecule has 0 amide bonds. The molecular formula is C45H26N4S. The summed E-state index contributed by atoms with van der Waals surface area (Å²) in [6.45, 7) is 0. The quantitative estimate of drug-likeness (QED) is 0.190. The van der Waals surface area contributed by atoms with Crippen LogP contribution in [0.2, 0.25) is 0 Å². The zero-order chi connectivity index (χ0) is 33.2. The van der Waals surface area contributed by atoms with Gasteiger partial charge in [0, 0.05) is 53.3 Å². The molecule has 0 fully saturated rings. The second kappa shape index (κ2) is 11.2. The minimum Gasteiger partial charge on any atom is -0.309 e. The summed E-state index contributed by atoms with van der Waals surface area (Å²) in [4.78, 5) is 10.2. The molecule has 0 aliphatic rings. The number of benzene rings is 7. The monoisotopic (exact) mass is 654 g/mol. The van der Waals surface area contributed by atoms with Crippen LogP contribution in [0.4, 0.5) is 0 Å². The largest absolute Gasteiger partial charge is 0.309 e. The minimum atomic E-state index is 0.456. The van der Waals surface area contributed by atoms with Crippen molar-refractivity contribution in [3.8, 4) is 45.7 Å². The van der Waals surface area contributed by atoms with Gasteiger partial charge < -0.3 is 4.57 Å². The van der Waals surface area contributed by atoms with E-state index in [1.807, 2.05) is 53.8 Å². The second-order valence-corrected chi connectivity index (χ2v) is 13.6. The predicted molar refractivity (Wildman–Crippen MR) is 208 cm³/mol. The Kier molecular flexibility index (Phi) is 6.38. The lowest BCUT2D eigenvalue weighted by molar-refractivity contribution is 1.17. The fraction of sp³-hybridized carbons (Fsp3) is 0. The van der Waals surface area contributed by atoms with E-state index in [-0.39, 0.29) is 0 Å². The number of aromatic nitrogens is 3. The molecule has 5 heteroatoms. The first kappa shape index (κ1) is 28.4. The van der Waals surface area contributed by atoms with Crippen molar-refractivity contribution in [2.45, 2.75) is 0 Å². The molecule has 0 radical (unpaired) electrons. The number of fused-ring (bicyclic) bond motifs is 8. The van der Waals surface area contributed by atoms with Gasteiger partial charge in [-0.15, -0.1) is 11.3 Å². The average molecular weight is 655 g/mol. The molecule has 232 valence electrons. The molecule has 3 aromatic heterocycles. The van der Waals surface area contributed by atoms with Crippen molar-refractivity contribution in [2.24, 2.45) is 0 Å². The van der Waals surface area contributed by atoms with Crippen molar-refractivity contribution in [2.75, 3.05) is 0 Å². The van der Waals surface area contributed by atoms with Crippen LogP contribution in [-0.4, -0.2) is 14.5 Å². The summed E-state index contributed by atoms with van der Waals surface area (Å²) in [7, 11) is 0. The highest BCUT2D eigenvalue weighted by molar-refractivity contribution is 7.26. The zero-order valence-electron chi connectivity index (χ0n) is 26.7. The first-order valence-corrected chi connectivity index (χ1v) is 17.4. The Morgan fingerprint density at radius 3 is 1.96 bits per heavy atom. The molecule has 0 unspecified atom stereocenters. The average Bonchev–Trinajstić information content (AvgIpc) is 3.73. The van der Waals surface area contributed by atoms with E-state index in [2.05, 4.69) is 126 Å². The van der Waals surface area contributed by atoms with Crippen molar-refractivity contribution in [1.82, 2.24) is 14.5 Å². The van der Waals surface area contributed by atoms with Crippen LogP contribution >= 0.6 is 11.3 Å². The van der Waals surface area contributed by atoms with E-state index < -0.39 is 0 Å². The molecule has 0 saturated heterocycles. The fourth-order valence-electron chi connectivity index (χ4n) is 7.37. The third-order valence-corrected chi connectivity index (χ3v) is 10.8. The van der Waals surface area contributed by atoms with Gasteiger partial charge in [0.15, 0.2) is 5.82 Å². The van der Waals surface area contributed by atoms with E-state index in [0.717, 1.165) is 49.6 Å². The second-order valence-electron chi connectivity index (χ2n) is 12.5. The summed E-state index contributed by atoms with van der Waals surface area (Å²) in [6, 6.07) is 57.3. The van der Waals surface area contributed by atoms with Crippen molar-refractivity contribution >= 4 is 64.1 Å². The van der Waals surface area contributed by atoms with E-state index >= 15 is 0 Å². The fourth-order valence-corrected chi connectivity index (χ4v) is 8.48. The summed E-state index contributed by atoms with van der Waals surface area (Å²) < 4.78 is 4.87. The van der Waals surface area contributed by atoms with E-state index in [0.29, 0.717) is 22.8 Å². The van der Waals surface area contributed by atoms with Gasteiger partial charge in [-0.05, 0) is 59.3 Å². The van der Waals surface area contributed by atoms with Crippen LogP contribution in [0.15, 0.2) is 158 Å². The third kappa shape index (κ3) is 4.36. The summed E-state index contributed by atoms with van der Waals surface area (Å²) in [6.07, 6.45) is 0. The van der Waals surface area contributed by atoms with Crippen LogP contribution in [0.3, 0.4) is 0 Å². The van der Waals surface area contributed by atoms with Gasteiger partial charge in [-0.25, -0.2) is 9.97 Å². The first-order valence-electron chi connectivity index (χ1n) is 16.6. The van der Waals surface area contributed by atoms with E-state index in [1.54, 1.807) is 0 Å². The molecule has 0 aliphatic carbocycles. The lowest BCUT2D eigenvalue weighted by Crippen LogP contribution is -2.01. The third-order valence-electron chi connectivity index (χ3n) is 9.63. The van der Waals surface area contributed by atoms with Crippen molar-refractivity contribution < 1.29 is 0 Å². The van der Waals surface area contributed by atoms with Gasteiger partial charge in [0.1, 0.15) is 11.6 Å². The Morgan fingerprint density at radius 2 is 1.16 bits per heavy atom. The molecule has 10 rings (SSSR count). The summed E-state index contributed by atoms with van der Waals surface area (Å²) in [5, 5.41) is 17.9. The lowest BCUT2D eigenvalue weighted by atomic mass is 9.97. The molecule has 10 aromatic rings. The Morgan fingerprint density at radius 1 is 0.500 bits per heavy atom. The summed E-state index contributed by atoms with van der Waals surface area (Å²) in [5.41, 5.74) is 7.70. The number of thiophene rings is 1. The smallest absolute Gasteiger partial charge is 0.160 e. The molecular weight excluding hydrogens is 629 g/mol. The summed E-state index contributed by atoms with van der Waals surface area (Å²) >= 11 is 1.82. The number of nitriles is 1. The number of rotatable bonds is 4. The Bertz CT molecular complexity index is 2990. The molecule has 0 spiro atoms. The molecule has 0 bridgehead atoms. The number of hydrogen-bond donors (Lipinski definition) is 0. The predicted octanol–water partition coefficient (Wildman–Crippen LogP) is 12.0. The molecule has 0 atom stereocenters. The number of para-hydroxylation sites is 1. The Balaban J connectivity index is 1.30. The van der Waals surface area contributed by atoms with Crippen molar-refractivity contribution in [3.05, 3.63) is 163 Å². The van der Waals surface area contributed by atoms with Crippen LogP contribution in [0.5, 0.6) is 0 Å². The zero-order valence-corrected chi connectivity index (χ0v) is 27.5. The molecule has 4 nitrogen and oxygen atoms in total. The SMILES string of the molecule is N#Cc1c(-c2ccc3ccccc3c2)nc(-c2ccccc2)nc1-c1ccc2c(c1)c1c3c(ccc1n2-c1ccccc1)sc1ccccc13. The van der Waals surface area contributed by atoms with E-state index in [9.17, 15) is 5.26 Å². The topological polar surface area (TPSA) is 54.5 Å². The lowest BCUT2D eigenvalue weighted by Gasteiger charge is -2.13. The Labute approximate surface area is 291 Å². The van der Waals surface area contributed by atoms with Gasteiger partial charge >= 0.3 is 0 Å². The van der Waals surface area contributed by atoms with Gasteiger partial charge in [-0.2, -0.15) is 5.26 Å². The summed E-state index contributed by atoms with van der Waals surface area (Å²) in [5.74, 6) is 0.584. The molecule has 0 saturated carbocycles. The minimum absolute atomic E-state index is 0.456. The van der Waals surface area contributed by atoms with Gasteiger partial charge in [0.2, 0.25) is 0 Å². The van der Waals surface area contributed by atoms with Crippen LogP contribution in [0.1, 0.15) is 5.56 Å². The standard InChI is InChI=1S/C45H26N4S/c46-27-36-43(31-20-19-28-11-7-8-14-30(28)25-31)47-45(29-12-3-1-4-13-29)48-44(36)32-21-22-37-35(26-32)41-38(49(37)33-15-5-2-6-16-33)23-24-40-42(41)34-17-9-10-18-39(34)50-40/h1-26H. The van der Waals surface area contributed by atoms with Gasteiger partial charge in [0.25, 0.3) is 0 Å². The van der Waals surface area contributed by atoms with Crippen molar-refractivity contribution in [1.29, 1.82) is 5.26 Å². The highest BCUT2D eigenvalue weighted by Gasteiger charge is 2.22. The Hall–Kier alpha value is -6.61. The van der Waals surface area contributed by atoms with E-state index in [4.69, 9.17) is 9.97 Å². The highest BCUT2D eigenvalue weighted by atomic mass is 32.1. The van der Waals surface area contributed by atoms with Crippen LogP contribution in [0, 0.1) is 11.3 Å². The van der Waals surface area contributed by atoms with E-state index in [1.165, 1.54) is 25.6 Å². The first-order chi connectivity index (χ1) is 24.7. The van der Waals surface area contributed by atoms with Gasteiger partial charge in [-0.3, -0.25) is 0 Å². The molecule has 0 aliphatic heterocycles. The molecule has 3 heterocycles.